The summed E-state index contributed by atoms with van der Waals surface area (Å²) in [5, 5.41) is 8.42. The third kappa shape index (κ3) is 5.35. The molecule has 0 aliphatic heterocycles. The molecular formula is C19H21N3O2. The molecule has 5 nitrogen and oxygen atoms in total. The number of ether oxygens (including phenoxy) is 1. The second kappa shape index (κ2) is 9.25. The first kappa shape index (κ1) is 17.4. The van der Waals surface area contributed by atoms with Crippen molar-refractivity contribution in [1.29, 1.82) is 0 Å². The van der Waals surface area contributed by atoms with Crippen LogP contribution in [0.4, 0.5) is 17.1 Å². The largest absolute Gasteiger partial charge is 0.461 e. The van der Waals surface area contributed by atoms with E-state index in [2.05, 4.69) is 28.6 Å². The maximum Gasteiger partial charge on any atom is 0.330 e. The van der Waals surface area contributed by atoms with Gasteiger partial charge in [-0.25, -0.2) is 4.79 Å². The van der Waals surface area contributed by atoms with Crippen LogP contribution in [0.5, 0.6) is 0 Å². The van der Waals surface area contributed by atoms with Gasteiger partial charge in [0, 0.05) is 18.3 Å². The molecular weight excluding hydrogens is 302 g/mol. The zero-order valence-corrected chi connectivity index (χ0v) is 13.8. The first-order valence-corrected chi connectivity index (χ1v) is 7.84. The minimum atomic E-state index is -0.400. The lowest BCUT2D eigenvalue weighted by Gasteiger charge is -2.22. The Morgan fingerprint density at radius 1 is 1.08 bits per heavy atom. The Labute approximate surface area is 142 Å². The normalized spacial score (nSPS) is 10.5. The van der Waals surface area contributed by atoms with Gasteiger partial charge < -0.3 is 9.64 Å². The van der Waals surface area contributed by atoms with Crippen molar-refractivity contribution in [2.45, 2.75) is 6.92 Å². The Hall–Kier alpha value is -2.95. The standard InChI is InChI=1S/C19H21N3O2/c1-3-19(23)24-15-14-22(4-2)18-12-10-17(11-13-18)21-20-16-8-6-5-7-9-16/h3,5-13H,1,4,14-15H2,2H3/b21-20+. The van der Waals surface area contributed by atoms with Gasteiger partial charge in [-0.3, -0.25) is 0 Å². The number of likely N-dealkylation sites (N-methyl/N-ethyl adjacent to an activating group) is 1. The molecule has 0 heterocycles. The molecule has 0 aromatic heterocycles. The summed E-state index contributed by atoms with van der Waals surface area (Å²) in [6.45, 7) is 7.20. The number of esters is 1. The third-order valence-electron chi connectivity index (χ3n) is 3.41. The van der Waals surface area contributed by atoms with Gasteiger partial charge >= 0.3 is 5.97 Å². The molecule has 0 atom stereocenters. The van der Waals surface area contributed by atoms with Crippen LogP contribution in [0.3, 0.4) is 0 Å². The lowest BCUT2D eigenvalue weighted by molar-refractivity contribution is -0.137. The van der Waals surface area contributed by atoms with Crippen molar-refractivity contribution < 1.29 is 9.53 Å². The molecule has 24 heavy (non-hydrogen) atoms. The third-order valence-corrected chi connectivity index (χ3v) is 3.41. The Morgan fingerprint density at radius 3 is 2.29 bits per heavy atom. The van der Waals surface area contributed by atoms with Crippen molar-refractivity contribution >= 4 is 23.0 Å². The predicted octanol–water partition coefficient (Wildman–Crippen LogP) is 4.66. The molecule has 2 aromatic carbocycles. The van der Waals surface area contributed by atoms with E-state index in [9.17, 15) is 4.79 Å². The molecule has 0 aliphatic carbocycles. The van der Waals surface area contributed by atoms with Crippen molar-refractivity contribution in [3.05, 3.63) is 67.3 Å². The average Bonchev–Trinajstić information content (AvgIpc) is 2.65. The van der Waals surface area contributed by atoms with E-state index in [-0.39, 0.29) is 0 Å². The first-order chi connectivity index (χ1) is 11.7. The van der Waals surface area contributed by atoms with E-state index in [4.69, 9.17) is 4.74 Å². The molecule has 0 bridgehead atoms. The second-order valence-corrected chi connectivity index (χ2v) is 5.00. The Balaban J connectivity index is 1.95. The van der Waals surface area contributed by atoms with E-state index in [1.165, 1.54) is 6.08 Å². The van der Waals surface area contributed by atoms with Gasteiger partial charge in [-0.05, 0) is 43.3 Å². The van der Waals surface area contributed by atoms with Crippen molar-refractivity contribution in [2.75, 3.05) is 24.6 Å². The number of carbonyl (C=O) groups is 1. The van der Waals surface area contributed by atoms with E-state index in [0.29, 0.717) is 13.2 Å². The number of benzene rings is 2. The lowest BCUT2D eigenvalue weighted by atomic mass is 10.2. The zero-order chi connectivity index (χ0) is 17.2. The van der Waals surface area contributed by atoms with Crippen molar-refractivity contribution in [3.63, 3.8) is 0 Å². The quantitative estimate of drug-likeness (QED) is 0.403. The van der Waals surface area contributed by atoms with E-state index in [1.807, 2.05) is 54.6 Å². The smallest absolute Gasteiger partial charge is 0.330 e. The minimum absolute atomic E-state index is 0.328. The van der Waals surface area contributed by atoms with Crippen molar-refractivity contribution in [3.8, 4) is 0 Å². The number of azo groups is 1. The summed E-state index contributed by atoms with van der Waals surface area (Å²) >= 11 is 0. The van der Waals surface area contributed by atoms with Crippen LogP contribution in [-0.4, -0.2) is 25.7 Å². The van der Waals surface area contributed by atoms with Gasteiger partial charge in [0.15, 0.2) is 0 Å². The Kier molecular flexibility index (Phi) is 6.71. The molecule has 0 saturated carbocycles. The maximum absolute atomic E-state index is 11.1. The van der Waals surface area contributed by atoms with Gasteiger partial charge in [0.25, 0.3) is 0 Å². The molecule has 0 fully saturated rings. The monoisotopic (exact) mass is 323 g/mol. The fraction of sp³-hybridized carbons (Fsp3) is 0.211. The number of rotatable bonds is 8. The van der Waals surface area contributed by atoms with Gasteiger partial charge in [-0.1, -0.05) is 24.8 Å². The minimum Gasteiger partial charge on any atom is -0.461 e. The molecule has 2 aromatic rings. The molecule has 2 rings (SSSR count). The summed E-state index contributed by atoms with van der Waals surface area (Å²) in [5.74, 6) is -0.400. The molecule has 124 valence electrons. The van der Waals surface area contributed by atoms with E-state index < -0.39 is 5.97 Å². The van der Waals surface area contributed by atoms with Gasteiger partial charge in [-0.2, -0.15) is 10.2 Å². The fourth-order valence-corrected chi connectivity index (χ4v) is 2.13. The number of hydrogen-bond donors (Lipinski definition) is 0. The van der Waals surface area contributed by atoms with Gasteiger partial charge in [0.05, 0.1) is 17.9 Å². The number of hydrogen-bond acceptors (Lipinski definition) is 5. The maximum atomic E-state index is 11.1. The summed E-state index contributed by atoms with van der Waals surface area (Å²) < 4.78 is 5.02. The molecule has 0 unspecified atom stereocenters. The highest BCUT2D eigenvalue weighted by Gasteiger charge is 2.05. The van der Waals surface area contributed by atoms with Crippen LogP contribution in [0, 0.1) is 0 Å². The number of carbonyl (C=O) groups excluding carboxylic acids is 1. The number of anilines is 1. The highest BCUT2D eigenvalue weighted by Crippen LogP contribution is 2.22. The van der Waals surface area contributed by atoms with Crippen LogP contribution in [0.25, 0.3) is 0 Å². The van der Waals surface area contributed by atoms with Crippen molar-refractivity contribution in [1.82, 2.24) is 0 Å². The predicted molar refractivity (Wildman–Crippen MR) is 96.1 cm³/mol. The van der Waals surface area contributed by atoms with E-state index in [0.717, 1.165) is 23.6 Å². The van der Waals surface area contributed by atoms with Crippen LogP contribution < -0.4 is 4.90 Å². The first-order valence-electron chi connectivity index (χ1n) is 7.84. The topological polar surface area (TPSA) is 54.3 Å². The van der Waals surface area contributed by atoms with Gasteiger partial charge in [-0.15, -0.1) is 0 Å². The second-order valence-electron chi connectivity index (χ2n) is 5.00. The highest BCUT2D eigenvalue weighted by atomic mass is 16.5. The number of nitrogens with zero attached hydrogens (tertiary/aromatic N) is 3. The molecule has 5 heteroatoms. The van der Waals surface area contributed by atoms with Crippen LogP contribution in [0.1, 0.15) is 6.92 Å². The van der Waals surface area contributed by atoms with E-state index in [1.54, 1.807) is 0 Å². The highest BCUT2D eigenvalue weighted by molar-refractivity contribution is 5.81. The van der Waals surface area contributed by atoms with Crippen LogP contribution in [0.2, 0.25) is 0 Å². The molecule has 0 saturated heterocycles. The lowest BCUT2D eigenvalue weighted by Crippen LogP contribution is -2.27. The summed E-state index contributed by atoms with van der Waals surface area (Å²) in [6.07, 6.45) is 1.17. The molecule has 0 aliphatic rings. The zero-order valence-electron chi connectivity index (χ0n) is 13.8. The van der Waals surface area contributed by atoms with Gasteiger partial charge in [0.1, 0.15) is 6.61 Å². The Morgan fingerprint density at radius 2 is 1.71 bits per heavy atom. The molecule has 0 radical (unpaired) electrons. The van der Waals surface area contributed by atoms with Crippen LogP contribution >= 0.6 is 0 Å². The van der Waals surface area contributed by atoms with Crippen LogP contribution in [-0.2, 0) is 9.53 Å². The molecule has 0 N–H and O–H groups in total. The summed E-state index contributed by atoms with van der Waals surface area (Å²) in [4.78, 5) is 13.2. The summed E-state index contributed by atoms with van der Waals surface area (Å²) in [7, 11) is 0. The molecule has 0 amide bonds. The van der Waals surface area contributed by atoms with Gasteiger partial charge in [0.2, 0.25) is 0 Å². The summed E-state index contributed by atoms with van der Waals surface area (Å²) in [5.41, 5.74) is 2.66. The summed E-state index contributed by atoms with van der Waals surface area (Å²) in [6, 6.07) is 17.4. The average molecular weight is 323 g/mol. The van der Waals surface area contributed by atoms with Crippen LogP contribution in [0.15, 0.2) is 77.5 Å². The molecule has 0 spiro atoms. The fourth-order valence-electron chi connectivity index (χ4n) is 2.13. The Bertz CT molecular complexity index is 682. The van der Waals surface area contributed by atoms with E-state index >= 15 is 0 Å². The SMILES string of the molecule is C=CC(=O)OCCN(CC)c1ccc(/N=N/c2ccccc2)cc1. The van der Waals surface area contributed by atoms with Crippen molar-refractivity contribution in [2.24, 2.45) is 10.2 Å².